The zero-order valence-corrected chi connectivity index (χ0v) is 15.5. The van der Waals surface area contributed by atoms with E-state index in [1.54, 1.807) is 0 Å². The molecule has 0 aromatic heterocycles. The fraction of sp³-hybridized carbons (Fsp3) is 0.588. The number of aliphatic hydroxyl groups is 1. The number of carboxylic acid groups (broad SMARTS) is 2. The highest BCUT2D eigenvalue weighted by Crippen LogP contribution is 2.26. The minimum absolute atomic E-state index is 0.107. The van der Waals surface area contributed by atoms with E-state index in [2.05, 4.69) is 10.6 Å². The Morgan fingerprint density at radius 1 is 1.21 bits per heavy atom. The maximum absolute atomic E-state index is 11.1. The number of carbonyl (C=O) groups excluding carboxylic acids is 1. The number of alkyl halides is 3. The summed E-state index contributed by atoms with van der Waals surface area (Å²) < 4.78 is 31.7. The van der Waals surface area contributed by atoms with Crippen molar-refractivity contribution < 1.29 is 42.9 Å². The van der Waals surface area contributed by atoms with Crippen molar-refractivity contribution in [3.05, 3.63) is 24.1 Å². The molecule has 0 aliphatic carbocycles. The number of nitrogens with one attached hydrogen (secondary N) is 2. The average molecular weight is 410 g/mol. The SMILES string of the molecule is C/C=C\[C@@H]1C[C@H](C(=O)O)N[C@@H]1CCC/C(O)=C/NC(C)=O.O=C(O)C(F)(F)F. The largest absolute Gasteiger partial charge is 0.511 e. The first-order valence-corrected chi connectivity index (χ1v) is 8.45. The number of hydrogen-bond donors (Lipinski definition) is 5. The van der Waals surface area contributed by atoms with E-state index in [1.165, 1.54) is 13.1 Å². The second-order valence-corrected chi connectivity index (χ2v) is 6.12. The molecule has 1 fully saturated rings. The van der Waals surface area contributed by atoms with Crippen molar-refractivity contribution >= 4 is 17.8 Å². The van der Waals surface area contributed by atoms with Gasteiger partial charge in [-0.25, -0.2) is 4.79 Å². The third kappa shape index (κ3) is 10.6. The number of allylic oxidation sites excluding steroid dienone is 2. The summed E-state index contributed by atoms with van der Waals surface area (Å²) in [5, 5.41) is 31.3. The van der Waals surface area contributed by atoms with Crippen LogP contribution in [0.4, 0.5) is 13.2 Å². The summed E-state index contributed by atoms with van der Waals surface area (Å²) in [4.78, 5) is 30.7. The molecule has 0 aromatic carbocycles. The van der Waals surface area contributed by atoms with Crippen molar-refractivity contribution in [2.24, 2.45) is 5.92 Å². The first-order chi connectivity index (χ1) is 12.9. The van der Waals surface area contributed by atoms with E-state index in [0.717, 1.165) is 12.8 Å². The molecule has 0 radical (unpaired) electrons. The van der Waals surface area contributed by atoms with Gasteiger partial charge in [-0.15, -0.1) is 0 Å². The molecule has 1 aliphatic heterocycles. The van der Waals surface area contributed by atoms with E-state index >= 15 is 0 Å². The predicted molar refractivity (Wildman–Crippen MR) is 93.3 cm³/mol. The number of rotatable bonds is 7. The van der Waals surface area contributed by atoms with Crippen molar-refractivity contribution in [3.63, 3.8) is 0 Å². The first-order valence-electron chi connectivity index (χ1n) is 8.45. The van der Waals surface area contributed by atoms with Crippen LogP contribution in [0.25, 0.3) is 0 Å². The van der Waals surface area contributed by atoms with Gasteiger partial charge in [0.05, 0.1) is 0 Å². The summed E-state index contributed by atoms with van der Waals surface area (Å²) in [6.45, 7) is 3.30. The third-order valence-corrected chi connectivity index (χ3v) is 3.81. The maximum Gasteiger partial charge on any atom is 0.490 e. The van der Waals surface area contributed by atoms with Crippen molar-refractivity contribution in [1.82, 2.24) is 10.6 Å². The number of hydrogen-bond acceptors (Lipinski definition) is 5. The Morgan fingerprint density at radius 2 is 1.79 bits per heavy atom. The summed E-state index contributed by atoms with van der Waals surface area (Å²) in [5.41, 5.74) is 0. The molecular formula is C17H25F3N2O6. The molecule has 5 N–H and O–H groups in total. The van der Waals surface area contributed by atoms with Gasteiger partial charge >= 0.3 is 18.1 Å². The highest BCUT2D eigenvalue weighted by Gasteiger charge is 2.38. The van der Waals surface area contributed by atoms with Gasteiger partial charge in [0.1, 0.15) is 11.8 Å². The quantitative estimate of drug-likeness (QED) is 0.321. The summed E-state index contributed by atoms with van der Waals surface area (Å²) in [5.74, 6) is -3.47. The Kier molecular flexibility index (Phi) is 10.9. The van der Waals surface area contributed by atoms with Crippen molar-refractivity contribution in [2.45, 2.75) is 57.8 Å². The molecule has 1 saturated heterocycles. The Hall–Kier alpha value is -2.56. The second-order valence-electron chi connectivity index (χ2n) is 6.12. The molecular weight excluding hydrogens is 385 g/mol. The predicted octanol–water partition coefficient (Wildman–Crippen LogP) is 2.33. The van der Waals surface area contributed by atoms with Crippen LogP contribution in [0.15, 0.2) is 24.1 Å². The number of carboxylic acids is 2. The second kappa shape index (κ2) is 12.0. The van der Waals surface area contributed by atoms with Gasteiger partial charge in [0.15, 0.2) is 0 Å². The molecule has 0 saturated carbocycles. The Balaban J connectivity index is 0.000000887. The van der Waals surface area contributed by atoms with E-state index in [1.807, 2.05) is 19.1 Å². The van der Waals surface area contributed by atoms with Crippen LogP contribution >= 0.6 is 0 Å². The first kappa shape index (κ1) is 25.4. The molecule has 11 heteroatoms. The monoisotopic (exact) mass is 410 g/mol. The number of carbonyl (C=O) groups is 3. The highest BCUT2D eigenvalue weighted by atomic mass is 19.4. The number of aliphatic carboxylic acids is 2. The minimum atomic E-state index is -5.08. The fourth-order valence-electron chi connectivity index (χ4n) is 2.58. The average Bonchev–Trinajstić information content (AvgIpc) is 2.96. The van der Waals surface area contributed by atoms with Crippen LogP contribution in [0.3, 0.4) is 0 Å². The van der Waals surface area contributed by atoms with Crippen LogP contribution in [-0.2, 0) is 14.4 Å². The lowest BCUT2D eigenvalue weighted by atomic mass is 9.94. The van der Waals surface area contributed by atoms with Crippen LogP contribution in [0, 0.1) is 5.92 Å². The maximum atomic E-state index is 11.1. The van der Waals surface area contributed by atoms with Gasteiger partial charge in [-0.3, -0.25) is 9.59 Å². The Morgan fingerprint density at radius 3 is 2.21 bits per heavy atom. The zero-order valence-electron chi connectivity index (χ0n) is 15.5. The molecule has 0 spiro atoms. The minimum Gasteiger partial charge on any atom is -0.511 e. The van der Waals surface area contributed by atoms with E-state index < -0.39 is 24.2 Å². The van der Waals surface area contributed by atoms with E-state index in [0.29, 0.717) is 12.8 Å². The Labute approximate surface area is 160 Å². The fourth-order valence-corrected chi connectivity index (χ4v) is 2.58. The summed E-state index contributed by atoms with van der Waals surface area (Å²) in [6, 6.07) is -0.393. The normalized spacial score (nSPS) is 22.5. The molecule has 3 atom stereocenters. The van der Waals surface area contributed by atoms with E-state index in [9.17, 15) is 27.9 Å². The van der Waals surface area contributed by atoms with Gasteiger partial charge in [-0.05, 0) is 32.1 Å². The highest BCUT2D eigenvalue weighted by molar-refractivity contribution is 5.74. The molecule has 8 nitrogen and oxygen atoms in total. The molecule has 160 valence electrons. The summed E-state index contributed by atoms with van der Waals surface area (Å²) in [6.07, 6.45) is 2.74. The molecule has 1 amide bonds. The van der Waals surface area contributed by atoms with Crippen LogP contribution in [0.1, 0.15) is 39.5 Å². The Bertz CT molecular complexity index is 604. The molecule has 0 unspecified atom stereocenters. The number of amides is 1. The van der Waals surface area contributed by atoms with Gasteiger partial charge in [0, 0.05) is 25.6 Å². The van der Waals surface area contributed by atoms with Crippen LogP contribution in [-0.4, -0.2) is 51.4 Å². The van der Waals surface area contributed by atoms with Crippen molar-refractivity contribution in [3.8, 4) is 0 Å². The lowest BCUT2D eigenvalue weighted by Crippen LogP contribution is -2.36. The zero-order chi connectivity index (χ0) is 21.9. The van der Waals surface area contributed by atoms with Crippen LogP contribution in [0.2, 0.25) is 0 Å². The smallest absolute Gasteiger partial charge is 0.490 e. The van der Waals surface area contributed by atoms with Gasteiger partial charge in [-0.2, -0.15) is 13.2 Å². The standard InChI is InChI=1S/C15H24N2O4.C2HF3O2/c1-3-5-11-8-14(15(20)21)17-13(11)7-4-6-12(19)9-16-10(2)18;3-2(4,5)1(6)7/h3,5,9,11,13-14,17,19H,4,6-8H2,1-2H3,(H,16,18)(H,20,21);(H,6,7)/b5-3-,12-9-;/t11-,13-,14-;/m1./s1. The summed E-state index contributed by atoms with van der Waals surface area (Å²) in [7, 11) is 0. The lowest BCUT2D eigenvalue weighted by molar-refractivity contribution is -0.192. The summed E-state index contributed by atoms with van der Waals surface area (Å²) >= 11 is 0. The number of aliphatic hydroxyl groups excluding tert-OH is 1. The van der Waals surface area contributed by atoms with E-state index in [-0.39, 0.29) is 23.6 Å². The van der Waals surface area contributed by atoms with Crippen LogP contribution in [0.5, 0.6) is 0 Å². The van der Waals surface area contributed by atoms with Crippen LogP contribution < -0.4 is 10.6 Å². The molecule has 1 aliphatic rings. The molecule has 28 heavy (non-hydrogen) atoms. The van der Waals surface area contributed by atoms with Gasteiger partial charge in [-0.1, -0.05) is 12.2 Å². The van der Waals surface area contributed by atoms with Crippen molar-refractivity contribution in [1.29, 1.82) is 0 Å². The van der Waals surface area contributed by atoms with Gasteiger partial charge < -0.3 is 26.0 Å². The lowest BCUT2D eigenvalue weighted by Gasteiger charge is -2.16. The molecule has 0 bridgehead atoms. The third-order valence-electron chi connectivity index (χ3n) is 3.81. The molecule has 0 aromatic rings. The molecule has 1 rings (SSSR count). The van der Waals surface area contributed by atoms with E-state index in [4.69, 9.17) is 15.0 Å². The topological polar surface area (TPSA) is 136 Å². The van der Waals surface area contributed by atoms with Gasteiger partial charge in [0.25, 0.3) is 0 Å². The number of halogens is 3. The van der Waals surface area contributed by atoms with Crippen molar-refractivity contribution in [2.75, 3.05) is 0 Å². The molecule has 1 heterocycles. The van der Waals surface area contributed by atoms with Gasteiger partial charge in [0.2, 0.25) is 5.91 Å².